The summed E-state index contributed by atoms with van der Waals surface area (Å²) in [5, 5.41) is 10.2. The van der Waals surface area contributed by atoms with Gasteiger partial charge in [0.15, 0.2) is 5.82 Å². The lowest BCUT2D eigenvalue weighted by Gasteiger charge is -2.17. The summed E-state index contributed by atoms with van der Waals surface area (Å²) < 4.78 is 27.0. The zero-order chi connectivity index (χ0) is 24.0. The van der Waals surface area contributed by atoms with Crippen LogP contribution in [0.1, 0.15) is 5.56 Å². The number of hydrogen-bond acceptors (Lipinski definition) is 7. The van der Waals surface area contributed by atoms with Crippen LogP contribution in [0.5, 0.6) is 0 Å². The molecule has 174 valence electrons. The number of hydrogen-bond donors (Lipinski definition) is 2. The first-order valence-corrected chi connectivity index (χ1v) is 12.7. The molecule has 0 fully saturated rings. The fourth-order valence-electron chi connectivity index (χ4n) is 3.09. The molecule has 2 N–H and O–H groups in total. The Morgan fingerprint density at radius 2 is 1.74 bits per heavy atom. The van der Waals surface area contributed by atoms with Gasteiger partial charge < -0.3 is 5.32 Å². The lowest BCUT2D eigenvalue weighted by atomic mass is 10.2. The molecule has 0 atom stereocenters. The van der Waals surface area contributed by atoms with Crippen LogP contribution in [-0.2, 0) is 21.4 Å². The number of benzene rings is 2. The van der Waals surface area contributed by atoms with Crippen molar-refractivity contribution in [1.82, 2.24) is 24.5 Å². The van der Waals surface area contributed by atoms with Gasteiger partial charge in [-0.3, -0.25) is 14.9 Å². The molecular weight excluding hydrogens is 472 g/mol. The van der Waals surface area contributed by atoms with Crippen LogP contribution in [0, 0.1) is 0 Å². The zero-order valence-corrected chi connectivity index (χ0v) is 19.9. The molecule has 4 aromatic rings. The summed E-state index contributed by atoms with van der Waals surface area (Å²) in [5.74, 6) is 0.449. The molecule has 0 spiro atoms. The molecule has 11 heteroatoms. The van der Waals surface area contributed by atoms with E-state index in [1.807, 2.05) is 42.5 Å². The third-order valence-electron chi connectivity index (χ3n) is 4.85. The molecular formula is C23H22N6O3S2. The minimum absolute atomic E-state index is 0.105. The van der Waals surface area contributed by atoms with Crippen molar-refractivity contribution in [3.8, 4) is 11.4 Å². The van der Waals surface area contributed by atoms with Gasteiger partial charge in [-0.05, 0) is 42.0 Å². The lowest BCUT2D eigenvalue weighted by Crippen LogP contribution is -2.26. The van der Waals surface area contributed by atoms with E-state index >= 15 is 0 Å². The molecule has 2 heterocycles. The number of carbonyl (C=O) groups excluding carboxylic acids is 1. The quantitative estimate of drug-likeness (QED) is 0.342. The van der Waals surface area contributed by atoms with Gasteiger partial charge in [-0.1, -0.05) is 42.1 Å². The monoisotopic (exact) mass is 494 g/mol. The van der Waals surface area contributed by atoms with Crippen molar-refractivity contribution in [1.29, 1.82) is 0 Å². The van der Waals surface area contributed by atoms with E-state index in [1.165, 1.54) is 28.2 Å². The topological polar surface area (TPSA) is 121 Å². The summed E-state index contributed by atoms with van der Waals surface area (Å²) in [5.41, 5.74) is 2.25. The number of thioether (sulfide) groups is 1. The Bertz CT molecular complexity index is 1340. The maximum absolute atomic E-state index is 12.8. The van der Waals surface area contributed by atoms with Crippen molar-refractivity contribution in [2.75, 3.05) is 18.1 Å². The van der Waals surface area contributed by atoms with Gasteiger partial charge >= 0.3 is 0 Å². The lowest BCUT2D eigenvalue weighted by molar-refractivity contribution is -0.113. The van der Waals surface area contributed by atoms with E-state index in [2.05, 4.69) is 25.5 Å². The van der Waals surface area contributed by atoms with E-state index in [0.717, 1.165) is 11.1 Å². The maximum Gasteiger partial charge on any atom is 0.243 e. The standard InChI is InChI=1S/C23H22N6O3S2/c1-29(15-17-5-3-2-4-6-17)34(31,32)20-9-7-19(8-10-20)25-21(30)16-33-23-26-22(27-28-23)18-11-13-24-14-12-18/h2-14H,15-16H2,1H3,(H,25,30)(H,26,27,28). The number of rotatable bonds is 9. The second kappa shape index (κ2) is 10.6. The van der Waals surface area contributed by atoms with Crippen LogP contribution in [0.3, 0.4) is 0 Å². The van der Waals surface area contributed by atoms with Gasteiger partial charge in [0.2, 0.25) is 21.1 Å². The number of aromatic nitrogens is 4. The highest BCUT2D eigenvalue weighted by molar-refractivity contribution is 7.99. The van der Waals surface area contributed by atoms with Crippen LogP contribution in [0.15, 0.2) is 89.2 Å². The van der Waals surface area contributed by atoms with E-state index in [1.54, 1.807) is 31.6 Å². The molecule has 4 rings (SSSR count). The largest absolute Gasteiger partial charge is 0.325 e. The van der Waals surface area contributed by atoms with E-state index in [0.29, 0.717) is 16.7 Å². The number of nitrogens with zero attached hydrogens (tertiary/aromatic N) is 4. The number of nitrogens with one attached hydrogen (secondary N) is 2. The van der Waals surface area contributed by atoms with Gasteiger partial charge in [0, 0.05) is 37.2 Å². The highest BCUT2D eigenvalue weighted by atomic mass is 32.2. The van der Waals surface area contributed by atoms with Gasteiger partial charge in [0.25, 0.3) is 0 Å². The third kappa shape index (κ3) is 5.87. The first-order chi connectivity index (χ1) is 16.4. The van der Waals surface area contributed by atoms with Crippen molar-refractivity contribution in [2.24, 2.45) is 0 Å². The van der Waals surface area contributed by atoms with Gasteiger partial charge in [0.1, 0.15) is 0 Å². The van der Waals surface area contributed by atoms with Gasteiger partial charge in [-0.25, -0.2) is 13.4 Å². The highest BCUT2D eigenvalue weighted by Gasteiger charge is 2.21. The van der Waals surface area contributed by atoms with Crippen molar-refractivity contribution >= 4 is 33.4 Å². The van der Waals surface area contributed by atoms with Crippen LogP contribution in [-0.4, -0.2) is 51.6 Å². The number of amides is 1. The van der Waals surface area contributed by atoms with Crippen LogP contribution < -0.4 is 5.32 Å². The SMILES string of the molecule is CN(Cc1ccccc1)S(=O)(=O)c1ccc(NC(=O)CSc2n[nH]c(-c3ccncc3)n2)cc1. The Balaban J connectivity index is 1.31. The molecule has 0 unspecified atom stereocenters. The summed E-state index contributed by atoms with van der Waals surface area (Å²) in [6.07, 6.45) is 3.33. The van der Waals surface area contributed by atoms with Crippen molar-refractivity contribution < 1.29 is 13.2 Å². The molecule has 2 aromatic carbocycles. The molecule has 0 saturated heterocycles. The Hall–Kier alpha value is -3.54. The second-order valence-corrected chi connectivity index (χ2v) is 10.3. The summed E-state index contributed by atoms with van der Waals surface area (Å²) >= 11 is 1.19. The van der Waals surface area contributed by atoms with Gasteiger partial charge in [0.05, 0.1) is 10.6 Å². The molecule has 0 aliphatic heterocycles. The summed E-state index contributed by atoms with van der Waals surface area (Å²) in [4.78, 5) is 20.8. The van der Waals surface area contributed by atoms with Crippen LogP contribution in [0.4, 0.5) is 5.69 Å². The summed E-state index contributed by atoms with van der Waals surface area (Å²) in [6, 6.07) is 19.1. The highest BCUT2D eigenvalue weighted by Crippen LogP contribution is 2.21. The number of anilines is 1. The predicted molar refractivity (Wildman–Crippen MR) is 131 cm³/mol. The predicted octanol–water partition coefficient (Wildman–Crippen LogP) is 3.42. The Morgan fingerprint density at radius 3 is 2.44 bits per heavy atom. The first-order valence-electron chi connectivity index (χ1n) is 10.3. The molecule has 0 aliphatic carbocycles. The average Bonchev–Trinajstić information content (AvgIpc) is 3.33. The fraction of sp³-hybridized carbons (Fsp3) is 0.130. The summed E-state index contributed by atoms with van der Waals surface area (Å²) in [7, 11) is -2.12. The smallest absolute Gasteiger partial charge is 0.243 e. The van der Waals surface area contributed by atoms with Crippen molar-refractivity contribution in [3.63, 3.8) is 0 Å². The molecule has 0 aliphatic rings. The van der Waals surface area contributed by atoms with Crippen molar-refractivity contribution in [2.45, 2.75) is 16.6 Å². The number of carbonyl (C=O) groups is 1. The number of aromatic amines is 1. The van der Waals surface area contributed by atoms with E-state index in [-0.39, 0.29) is 23.1 Å². The van der Waals surface area contributed by atoms with E-state index in [9.17, 15) is 13.2 Å². The van der Waals surface area contributed by atoms with Crippen LogP contribution >= 0.6 is 11.8 Å². The molecule has 34 heavy (non-hydrogen) atoms. The van der Waals surface area contributed by atoms with Gasteiger partial charge in [-0.2, -0.15) is 4.31 Å². The number of pyridine rings is 1. The minimum Gasteiger partial charge on any atom is -0.325 e. The second-order valence-electron chi connectivity index (χ2n) is 7.31. The number of H-pyrrole nitrogens is 1. The molecule has 9 nitrogen and oxygen atoms in total. The fourth-order valence-corrected chi connectivity index (χ4v) is 4.85. The molecule has 0 bridgehead atoms. The normalized spacial score (nSPS) is 11.5. The Morgan fingerprint density at radius 1 is 1.03 bits per heavy atom. The average molecular weight is 495 g/mol. The van der Waals surface area contributed by atoms with Gasteiger partial charge in [-0.15, -0.1) is 5.10 Å². The molecule has 0 saturated carbocycles. The molecule has 2 aromatic heterocycles. The minimum atomic E-state index is -3.66. The summed E-state index contributed by atoms with van der Waals surface area (Å²) in [6.45, 7) is 0.267. The van der Waals surface area contributed by atoms with Crippen LogP contribution in [0.2, 0.25) is 0 Å². The van der Waals surface area contributed by atoms with Crippen LogP contribution in [0.25, 0.3) is 11.4 Å². The molecule has 0 radical (unpaired) electrons. The zero-order valence-electron chi connectivity index (χ0n) is 18.2. The van der Waals surface area contributed by atoms with E-state index < -0.39 is 10.0 Å². The maximum atomic E-state index is 12.8. The molecule has 1 amide bonds. The number of sulfonamides is 1. The third-order valence-corrected chi connectivity index (χ3v) is 7.51. The van der Waals surface area contributed by atoms with E-state index in [4.69, 9.17) is 0 Å². The Labute approximate surface area is 201 Å². The van der Waals surface area contributed by atoms with Crippen molar-refractivity contribution in [3.05, 3.63) is 84.7 Å². The Kier molecular flexibility index (Phi) is 7.36. The first kappa shape index (κ1) is 23.6.